The minimum atomic E-state index is 0.716. The van der Waals surface area contributed by atoms with Crippen LogP contribution in [-0.2, 0) is 4.74 Å². The Morgan fingerprint density at radius 3 is 2.59 bits per heavy atom. The maximum Gasteiger partial charge on any atom is 0.0589 e. The summed E-state index contributed by atoms with van der Waals surface area (Å²) in [5.41, 5.74) is 0. The molecule has 0 bridgehead atoms. The lowest BCUT2D eigenvalue weighted by Gasteiger charge is -2.31. The number of nitrogens with zero attached hydrogens (tertiary/aromatic N) is 1. The van der Waals surface area contributed by atoms with Gasteiger partial charge in [0.15, 0.2) is 0 Å². The van der Waals surface area contributed by atoms with Gasteiger partial charge in [0.25, 0.3) is 0 Å². The van der Waals surface area contributed by atoms with Gasteiger partial charge in [-0.3, -0.25) is 4.90 Å². The Labute approximate surface area is 107 Å². The third kappa shape index (κ3) is 5.84. The quantitative estimate of drug-likeness (QED) is 0.634. The molecule has 1 rings (SSSR count). The molecule has 3 nitrogen and oxygen atoms in total. The molecule has 102 valence electrons. The van der Waals surface area contributed by atoms with Crippen LogP contribution in [0.4, 0.5) is 0 Å². The summed E-state index contributed by atoms with van der Waals surface area (Å²) in [6.07, 6.45) is 2.85. The number of hydrogen-bond acceptors (Lipinski definition) is 3. The fraction of sp³-hybridized carbons (Fsp3) is 1.00. The van der Waals surface area contributed by atoms with Crippen LogP contribution in [0.3, 0.4) is 0 Å². The zero-order valence-electron chi connectivity index (χ0n) is 12.0. The van der Waals surface area contributed by atoms with E-state index in [2.05, 4.69) is 31.0 Å². The van der Waals surface area contributed by atoms with Gasteiger partial charge in [-0.25, -0.2) is 0 Å². The van der Waals surface area contributed by atoms with E-state index in [0.29, 0.717) is 5.92 Å². The van der Waals surface area contributed by atoms with Crippen molar-refractivity contribution in [3.63, 3.8) is 0 Å². The van der Waals surface area contributed by atoms with Crippen molar-refractivity contribution in [3.8, 4) is 0 Å². The van der Waals surface area contributed by atoms with Crippen LogP contribution >= 0.6 is 0 Å². The molecule has 0 aromatic rings. The lowest BCUT2D eigenvalue weighted by atomic mass is 10.1. The summed E-state index contributed by atoms with van der Waals surface area (Å²) in [5, 5.41) is 3.44. The molecular weight excluding hydrogens is 212 g/mol. The highest BCUT2D eigenvalue weighted by Crippen LogP contribution is 2.35. The normalized spacial score (nSPS) is 19.6. The van der Waals surface area contributed by atoms with E-state index in [1.54, 1.807) is 7.11 Å². The van der Waals surface area contributed by atoms with Gasteiger partial charge in [-0.2, -0.15) is 0 Å². The summed E-state index contributed by atoms with van der Waals surface area (Å²) in [7, 11) is 1.79. The predicted octanol–water partition coefficient (Wildman–Crippen LogP) is 1.98. The first-order chi connectivity index (χ1) is 8.19. The zero-order chi connectivity index (χ0) is 12.7. The number of methoxy groups -OCH3 is 1. The average Bonchev–Trinajstić information content (AvgIpc) is 3.15. The summed E-state index contributed by atoms with van der Waals surface area (Å²) >= 11 is 0. The molecule has 0 amide bonds. The summed E-state index contributed by atoms with van der Waals surface area (Å²) in [4.78, 5) is 2.61. The van der Waals surface area contributed by atoms with Crippen molar-refractivity contribution >= 4 is 0 Å². The van der Waals surface area contributed by atoms with Gasteiger partial charge in [0.2, 0.25) is 0 Å². The maximum atomic E-state index is 5.23. The molecule has 3 heteroatoms. The molecule has 0 radical (unpaired) electrons. The first-order valence-electron chi connectivity index (χ1n) is 7.12. The van der Waals surface area contributed by atoms with Crippen LogP contribution in [0.15, 0.2) is 0 Å². The van der Waals surface area contributed by atoms with Gasteiger partial charge in [-0.05, 0) is 44.7 Å². The van der Waals surface area contributed by atoms with Crippen molar-refractivity contribution in [1.82, 2.24) is 10.2 Å². The lowest BCUT2D eigenvalue weighted by molar-refractivity contribution is 0.105. The molecular formula is C14H30N2O. The molecule has 1 aliphatic carbocycles. The van der Waals surface area contributed by atoms with E-state index in [9.17, 15) is 0 Å². The average molecular weight is 242 g/mol. The van der Waals surface area contributed by atoms with E-state index in [1.165, 1.54) is 19.4 Å². The van der Waals surface area contributed by atoms with E-state index in [1.807, 2.05) is 0 Å². The van der Waals surface area contributed by atoms with Crippen molar-refractivity contribution in [2.45, 2.75) is 39.7 Å². The molecule has 0 aromatic carbocycles. The van der Waals surface area contributed by atoms with E-state index in [4.69, 9.17) is 4.74 Å². The number of rotatable bonds is 10. The third-order valence-electron chi connectivity index (χ3n) is 3.75. The van der Waals surface area contributed by atoms with Crippen LogP contribution in [0, 0.1) is 11.8 Å². The highest BCUT2D eigenvalue weighted by atomic mass is 16.5. The zero-order valence-corrected chi connectivity index (χ0v) is 12.0. The van der Waals surface area contributed by atoms with Crippen LogP contribution in [-0.4, -0.2) is 50.8 Å². The largest absolute Gasteiger partial charge is 0.383 e. The van der Waals surface area contributed by atoms with Gasteiger partial charge in [0.1, 0.15) is 0 Å². The lowest BCUT2D eigenvalue weighted by Crippen LogP contribution is -2.41. The minimum Gasteiger partial charge on any atom is -0.383 e. The van der Waals surface area contributed by atoms with E-state index in [0.717, 1.165) is 38.2 Å². The van der Waals surface area contributed by atoms with Crippen LogP contribution < -0.4 is 5.32 Å². The van der Waals surface area contributed by atoms with Crippen LogP contribution in [0.5, 0.6) is 0 Å². The van der Waals surface area contributed by atoms with Crippen molar-refractivity contribution in [2.75, 3.05) is 39.9 Å². The highest BCUT2D eigenvalue weighted by Gasteiger charge is 2.32. The fourth-order valence-corrected chi connectivity index (χ4v) is 2.40. The van der Waals surface area contributed by atoms with Crippen molar-refractivity contribution in [3.05, 3.63) is 0 Å². The van der Waals surface area contributed by atoms with Gasteiger partial charge >= 0.3 is 0 Å². The van der Waals surface area contributed by atoms with Crippen molar-refractivity contribution < 1.29 is 4.74 Å². The Balaban J connectivity index is 2.32. The molecule has 0 aliphatic heterocycles. The second-order valence-electron chi connectivity index (χ2n) is 5.48. The Bertz CT molecular complexity index is 195. The highest BCUT2D eigenvalue weighted by molar-refractivity contribution is 4.86. The van der Waals surface area contributed by atoms with Crippen LogP contribution in [0.1, 0.15) is 33.6 Å². The van der Waals surface area contributed by atoms with Crippen molar-refractivity contribution in [2.24, 2.45) is 11.8 Å². The smallest absolute Gasteiger partial charge is 0.0589 e. The molecule has 0 aromatic heterocycles. The second-order valence-corrected chi connectivity index (χ2v) is 5.48. The second kappa shape index (κ2) is 8.06. The van der Waals surface area contributed by atoms with Gasteiger partial charge in [-0.15, -0.1) is 0 Å². The Morgan fingerprint density at radius 2 is 2.06 bits per heavy atom. The Hall–Kier alpha value is -0.120. The Kier molecular flexibility index (Phi) is 7.09. The molecule has 2 atom stereocenters. The summed E-state index contributed by atoms with van der Waals surface area (Å²) < 4.78 is 5.23. The standard InChI is InChI=1S/C14H30N2O/c1-5-15-10-12(2)11-16(8-9-17-4)13(3)14-6-7-14/h12-15H,5-11H2,1-4H3. The summed E-state index contributed by atoms with van der Waals surface area (Å²) in [6.45, 7) is 12.2. The molecule has 17 heavy (non-hydrogen) atoms. The van der Waals surface area contributed by atoms with E-state index >= 15 is 0 Å². The molecule has 2 unspecified atom stereocenters. The van der Waals surface area contributed by atoms with Gasteiger partial charge in [0, 0.05) is 26.2 Å². The van der Waals surface area contributed by atoms with E-state index in [-0.39, 0.29) is 0 Å². The van der Waals surface area contributed by atoms with Crippen LogP contribution in [0.25, 0.3) is 0 Å². The first kappa shape index (κ1) is 14.9. The van der Waals surface area contributed by atoms with Crippen LogP contribution in [0.2, 0.25) is 0 Å². The fourth-order valence-electron chi connectivity index (χ4n) is 2.40. The van der Waals surface area contributed by atoms with Gasteiger partial charge < -0.3 is 10.1 Å². The molecule has 0 spiro atoms. The predicted molar refractivity (Wildman–Crippen MR) is 73.3 cm³/mol. The molecule has 1 aliphatic rings. The summed E-state index contributed by atoms with van der Waals surface area (Å²) in [6, 6.07) is 0.731. The third-order valence-corrected chi connectivity index (χ3v) is 3.75. The van der Waals surface area contributed by atoms with Gasteiger partial charge in [-0.1, -0.05) is 13.8 Å². The monoisotopic (exact) mass is 242 g/mol. The SMILES string of the molecule is CCNCC(C)CN(CCOC)C(C)C1CC1. The van der Waals surface area contributed by atoms with Gasteiger partial charge in [0.05, 0.1) is 6.61 Å². The molecule has 0 heterocycles. The summed E-state index contributed by atoms with van der Waals surface area (Å²) in [5.74, 6) is 1.66. The molecule has 1 saturated carbocycles. The first-order valence-corrected chi connectivity index (χ1v) is 7.12. The minimum absolute atomic E-state index is 0.716. The number of hydrogen-bond donors (Lipinski definition) is 1. The topological polar surface area (TPSA) is 24.5 Å². The number of ether oxygens (including phenoxy) is 1. The van der Waals surface area contributed by atoms with Crippen molar-refractivity contribution in [1.29, 1.82) is 0 Å². The maximum absolute atomic E-state index is 5.23. The molecule has 1 fully saturated rings. The molecule has 1 N–H and O–H groups in total. The number of nitrogens with one attached hydrogen (secondary N) is 1. The Morgan fingerprint density at radius 1 is 1.35 bits per heavy atom. The molecule has 0 saturated heterocycles. The van der Waals surface area contributed by atoms with E-state index < -0.39 is 0 Å².